The van der Waals surface area contributed by atoms with Gasteiger partial charge in [0.05, 0.1) is 11.5 Å². The van der Waals surface area contributed by atoms with Gasteiger partial charge in [-0.15, -0.1) is 0 Å². The molecular weight excluding hydrogens is 364 g/mol. The first-order chi connectivity index (χ1) is 12.3. The molecule has 0 aliphatic rings. The molecule has 3 N–H and O–H groups in total. The Balaban J connectivity index is 1.81. The molecule has 3 amide bonds. The molecule has 134 valence electrons. The van der Waals surface area contributed by atoms with Gasteiger partial charge < -0.3 is 16.0 Å². The van der Waals surface area contributed by atoms with Gasteiger partial charge in [0, 0.05) is 28.5 Å². The fraction of sp³-hybridized carbons (Fsp3) is 0.0625. The van der Waals surface area contributed by atoms with Crippen LogP contribution in [0, 0.1) is 10.1 Å². The number of anilines is 2. The number of halogens is 1. The molecule has 2 rings (SSSR count). The van der Waals surface area contributed by atoms with E-state index in [1.54, 1.807) is 18.2 Å². The third-order valence-corrected chi connectivity index (χ3v) is 3.30. The van der Waals surface area contributed by atoms with Crippen LogP contribution in [0.3, 0.4) is 0 Å². The van der Waals surface area contributed by atoms with Crippen molar-refractivity contribution in [2.45, 2.75) is 0 Å². The first-order valence-corrected chi connectivity index (χ1v) is 7.62. The standard InChI is InChI=1S/C16H13ClN4O5/c17-10-2-1-3-12(8-10)20-16(24)15(23)18-9-14(22)19-11-4-6-13(7-5-11)21(25)26/h1-8H,9H2,(H,18,23)(H,19,22)(H,20,24). The molecule has 10 heteroatoms. The highest BCUT2D eigenvalue weighted by atomic mass is 35.5. The van der Waals surface area contributed by atoms with Crippen LogP contribution < -0.4 is 16.0 Å². The van der Waals surface area contributed by atoms with Gasteiger partial charge in [-0.25, -0.2) is 0 Å². The minimum absolute atomic E-state index is 0.117. The Hall–Kier alpha value is -3.46. The lowest BCUT2D eigenvalue weighted by Gasteiger charge is -2.08. The SMILES string of the molecule is O=C(CNC(=O)C(=O)Nc1cccc(Cl)c1)Nc1ccc([N+](=O)[O-])cc1. The molecule has 0 aliphatic carbocycles. The largest absolute Gasteiger partial charge is 0.339 e. The Kier molecular flexibility index (Phi) is 6.23. The fourth-order valence-electron chi connectivity index (χ4n) is 1.87. The first kappa shape index (κ1) is 18.9. The van der Waals surface area contributed by atoms with Crippen LogP contribution in [0.1, 0.15) is 0 Å². The van der Waals surface area contributed by atoms with Crippen LogP contribution in [0.5, 0.6) is 0 Å². The average Bonchev–Trinajstić information content (AvgIpc) is 2.60. The molecule has 0 unspecified atom stereocenters. The van der Waals surface area contributed by atoms with E-state index in [1.807, 2.05) is 0 Å². The summed E-state index contributed by atoms with van der Waals surface area (Å²) in [7, 11) is 0. The molecule has 9 nitrogen and oxygen atoms in total. The van der Waals surface area contributed by atoms with Crippen molar-refractivity contribution in [2.75, 3.05) is 17.2 Å². The number of benzene rings is 2. The van der Waals surface area contributed by atoms with Crippen molar-refractivity contribution < 1.29 is 19.3 Å². The van der Waals surface area contributed by atoms with Crippen molar-refractivity contribution in [3.8, 4) is 0 Å². The Morgan fingerprint density at radius 1 is 0.962 bits per heavy atom. The minimum Gasteiger partial charge on any atom is -0.339 e. The quantitative estimate of drug-likeness (QED) is 0.417. The zero-order valence-electron chi connectivity index (χ0n) is 13.2. The molecule has 0 heterocycles. The van der Waals surface area contributed by atoms with Crippen molar-refractivity contribution in [2.24, 2.45) is 0 Å². The highest BCUT2D eigenvalue weighted by molar-refractivity contribution is 6.40. The maximum atomic E-state index is 11.8. The van der Waals surface area contributed by atoms with Crippen molar-refractivity contribution in [1.29, 1.82) is 0 Å². The number of hydrogen-bond donors (Lipinski definition) is 3. The van der Waals surface area contributed by atoms with E-state index >= 15 is 0 Å². The number of hydrogen-bond acceptors (Lipinski definition) is 5. The van der Waals surface area contributed by atoms with E-state index in [2.05, 4.69) is 16.0 Å². The summed E-state index contributed by atoms with van der Waals surface area (Å²) in [5, 5.41) is 17.9. The van der Waals surface area contributed by atoms with Crippen LogP contribution in [0.4, 0.5) is 17.1 Å². The second kappa shape index (κ2) is 8.58. The molecule has 2 aromatic rings. The monoisotopic (exact) mass is 376 g/mol. The second-order valence-corrected chi connectivity index (χ2v) is 5.44. The summed E-state index contributed by atoms with van der Waals surface area (Å²) in [6.07, 6.45) is 0. The highest BCUT2D eigenvalue weighted by Crippen LogP contribution is 2.15. The number of rotatable bonds is 5. The Bertz CT molecular complexity index is 854. The Morgan fingerprint density at radius 2 is 1.65 bits per heavy atom. The number of nitrogens with one attached hydrogen (secondary N) is 3. The molecule has 0 spiro atoms. The van der Waals surface area contributed by atoms with Gasteiger partial charge in [0.15, 0.2) is 0 Å². The zero-order chi connectivity index (χ0) is 19.1. The van der Waals surface area contributed by atoms with Crippen LogP contribution >= 0.6 is 11.6 Å². The third kappa shape index (κ3) is 5.56. The number of nitro benzene ring substituents is 1. The summed E-state index contributed by atoms with van der Waals surface area (Å²) in [5.74, 6) is -2.54. The van der Waals surface area contributed by atoms with Crippen LogP contribution in [-0.4, -0.2) is 29.2 Å². The summed E-state index contributed by atoms with van der Waals surface area (Å²) in [6.45, 7) is -0.446. The van der Waals surface area contributed by atoms with E-state index in [1.165, 1.54) is 30.3 Å². The average molecular weight is 377 g/mol. The lowest BCUT2D eigenvalue weighted by atomic mass is 10.3. The minimum atomic E-state index is -0.996. The molecule has 26 heavy (non-hydrogen) atoms. The van der Waals surface area contributed by atoms with Gasteiger partial charge in [-0.1, -0.05) is 17.7 Å². The molecule has 2 aromatic carbocycles. The van der Waals surface area contributed by atoms with Gasteiger partial charge in [0.1, 0.15) is 0 Å². The lowest BCUT2D eigenvalue weighted by Crippen LogP contribution is -2.39. The van der Waals surface area contributed by atoms with Crippen LogP contribution in [0.15, 0.2) is 48.5 Å². The molecule has 0 fully saturated rings. The molecule has 0 bridgehead atoms. The summed E-state index contributed by atoms with van der Waals surface area (Å²) >= 11 is 5.77. The van der Waals surface area contributed by atoms with Crippen LogP contribution in [0.2, 0.25) is 5.02 Å². The summed E-state index contributed by atoms with van der Waals surface area (Å²) in [4.78, 5) is 45.2. The fourth-order valence-corrected chi connectivity index (χ4v) is 2.06. The number of non-ortho nitro benzene ring substituents is 1. The van der Waals surface area contributed by atoms with Gasteiger partial charge >= 0.3 is 11.8 Å². The van der Waals surface area contributed by atoms with Gasteiger partial charge in [-0.3, -0.25) is 24.5 Å². The number of nitrogens with zero attached hydrogens (tertiary/aromatic N) is 1. The van der Waals surface area contributed by atoms with Gasteiger partial charge in [-0.05, 0) is 30.3 Å². The topological polar surface area (TPSA) is 130 Å². The molecule has 0 aliphatic heterocycles. The second-order valence-electron chi connectivity index (χ2n) is 5.00. The van der Waals surface area contributed by atoms with Crippen molar-refractivity contribution in [1.82, 2.24) is 5.32 Å². The van der Waals surface area contributed by atoms with E-state index in [9.17, 15) is 24.5 Å². The van der Waals surface area contributed by atoms with Crippen molar-refractivity contribution >= 4 is 46.4 Å². The number of amides is 3. The smallest absolute Gasteiger partial charge is 0.313 e. The summed E-state index contributed by atoms with van der Waals surface area (Å²) in [6, 6.07) is 11.4. The number of nitro groups is 1. The van der Waals surface area contributed by atoms with Crippen molar-refractivity contribution in [3.63, 3.8) is 0 Å². The van der Waals surface area contributed by atoms with E-state index in [4.69, 9.17) is 11.6 Å². The molecule has 0 saturated carbocycles. The van der Waals surface area contributed by atoms with E-state index < -0.39 is 29.2 Å². The summed E-state index contributed by atoms with van der Waals surface area (Å²) in [5.41, 5.74) is 0.542. The molecule has 0 saturated heterocycles. The molecule has 0 atom stereocenters. The highest BCUT2D eigenvalue weighted by Gasteiger charge is 2.15. The van der Waals surface area contributed by atoms with Crippen LogP contribution in [0.25, 0.3) is 0 Å². The van der Waals surface area contributed by atoms with Gasteiger partial charge in [0.25, 0.3) is 5.69 Å². The molecular formula is C16H13ClN4O5. The van der Waals surface area contributed by atoms with Crippen LogP contribution in [-0.2, 0) is 14.4 Å². The normalized spacial score (nSPS) is 9.88. The van der Waals surface area contributed by atoms with E-state index in [0.29, 0.717) is 16.4 Å². The predicted molar refractivity (Wildman–Crippen MR) is 94.8 cm³/mol. The Morgan fingerprint density at radius 3 is 2.27 bits per heavy atom. The first-order valence-electron chi connectivity index (χ1n) is 7.24. The third-order valence-electron chi connectivity index (χ3n) is 3.06. The summed E-state index contributed by atoms with van der Waals surface area (Å²) < 4.78 is 0. The maximum Gasteiger partial charge on any atom is 0.313 e. The van der Waals surface area contributed by atoms with Crippen molar-refractivity contribution in [3.05, 3.63) is 63.7 Å². The predicted octanol–water partition coefficient (Wildman–Crippen LogP) is 1.94. The van der Waals surface area contributed by atoms with Gasteiger partial charge in [0.2, 0.25) is 5.91 Å². The molecule has 0 radical (unpaired) electrons. The van der Waals surface area contributed by atoms with E-state index in [0.717, 1.165) is 0 Å². The molecule has 0 aromatic heterocycles. The number of carbonyl (C=O) groups excluding carboxylic acids is 3. The maximum absolute atomic E-state index is 11.8. The van der Waals surface area contributed by atoms with Gasteiger partial charge in [-0.2, -0.15) is 0 Å². The van der Waals surface area contributed by atoms with E-state index in [-0.39, 0.29) is 5.69 Å². The number of carbonyl (C=O) groups is 3. The lowest BCUT2D eigenvalue weighted by molar-refractivity contribution is -0.384. The zero-order valence-corrected chi connectivity index (χ0v) is 13.9. The Labute approximate surface area is 152 Å².